The predicted molar refractivity (Wildman–Crippen MR) is 275 cm³/mol. The number of hydrogen-bond donors (Lipinski definition) is 0. The van der Waals surface area contributed by atoms with Gasteiger partial charge >= 0.3 is 0 Å². The van der Waals surface area contributed by atoms with E-state index in [2.05, 4.69) is 194 Å². The molecule has 0 atom stereocenters. The zero-order chi connectivity index (χ0) is 46.6. The van der Waals surface area contributed by atoms with Crippen LogP contribution in [0.3, 0.4) is 0 Å². The van der Waals surface area contributed by atoms with Crippen LogP contribution in [0.2, 0.25) is 0 Å². The maximum absolute atomic E-state index is 14.6. The molecule has 3 aliphatic rings. The van der Waals surface area contributed by atoms with Crippen molar-refractivity contribution in [2.75, 3.05) is 0 Å². The van der Waals surface area contributed by atoms with E-state index in [0.717, 1.165) is 28.3 Å². The molecule has 11 aromatic rings. The Kier molecular flexibility index (Phi) is 8.78. The smallest absolute Gasteiger partial charge is 0.164 e. The number of nitrogens with zero attached hydrogens (tertiary/aromatic N) is 3. The molecule has 0 aliphatic heterocycles. The normalized spacial score (nSPS) is 13.8. The topological polar surface area (TPSA) is 38.7 Å². The van der Waals surface area contributed by atoms with Gasteiger partial charge in [0.15, 0.2) is 17.5 Å². The first kappa shape index (κ1) is 40.2. The van der Waals surface area contributed by atoms with Crippen LogP contribution in [0.4, 0.5) is 8.78 Å². The van der Waals surface area contributed by atoms with Crippen molar-refractivity contribution in [3.8, 4) is 78.7 Å². The molecule has 10 aromatic carbocycles. The lowest BCUT2D eigenvalue weighted by Crippen LogP contribution is -2.28. The minimum absolute atomic E-state index is 0.423. The Morgan fingerprint density at radius 3 is 1.19 bits per heavy atom. The first-order valence-corrected chi connectivity index (χ1v) is 23.6. The van der Waals surface area contributed by atoms with Gasteiger partial charge in [0, 0.05) is 22.8 Å². The molecule has 1 heterocycles. The maximum atomic E-state index is 14.6. The van der Waals surface area contributed by atoms with Crippen LogP contribution in [0.15, 0.2) is 237 Å². The molecule has 3 nitrogen and oxygen atoms in total. The summed E-state index contributed by atoms with van der Waals surface area (Å²) in [6.07, 6.45) is 0. The minimum Gasteiger partial charge on any atom is -0.208 e. The van der Waals surface area contributed by atoms with E-state index in [4.69, 9.17) is 15.0 Å². The second-order valence-corrected chi connectivity index (χ2v) is 18.5. The summed E-state index contributed by atoms with van der Waals surface area (Å²) in [5.41, 5.74) is 19.1. The molecule has 0 fully saturated rings. The van der Waals surface area contributed by atoms with E-state index in [1.165, 1.54) is 78.9 Å². The fourth-order valence-electron chi connectivity index (χ4n) is 12.1. The number of halogens is 2. The van der Waals surface area contributed by atoms with Crippen LogP contribution in [0.1, 0.15) is 44.5 Å². The highest BCUT2D eigenvalue weighted by Gasteiger charge is 2.52. The van der Waals surface area contributed by atoms with Gasteiger partial charge < -0.3 is 0 Å². The molecule has 1 spiro atoms. The zero-order valence-corrected chi connectivity index (χ0v) is 37.6. The van der Waals surface area contributed by atoms with Crippen molar-refractivity contribution in [1.29, 1.82) is 0 Å². The lowest BCUT2D eigenvalue weighted by molar-refractivity contribution is 0.584. The standard InChI is InChI=1S/C65H39F2N3/c66-47-35-44(36-48(67)39-47)40-16-15-17-41(34-40)61-68-62(42-31-33-59-54(37-42)52-25-10-11-26-55(52)64(59,45-18-3-1-4-19-45)46-20-5-2-6-21-46)70-63(69-61)43-30-32-53-51-24-9-14-29-58(51)65(60(53)38-43)56-27-12-7-22-49(56)50-23-8-13-28-57(50)65/h1-39H. The number of rotatable bonds is 6. The summed E-state index contributed by atoms with van der Waals surface area (Å²) in [6.45, 7) is 0. The van der Waals surface area contributed by atoms with Crippen molar-refractivity contribution in [3.63, 3.8) is 0 Å². The fourth-order valence-corrected chi connectivity index (χ4v) is 12.1. The molecule has 70 heavy (non-hydrogen) atoms. The summed E-state index contributed by atoms with van der Waals surface area (Å²) >= 11 is 0. The second kappa shape index (κ2) is 15.3. The van der Waals surface area contributed by atoms with Crippen LogP contribution >= 0.6 is 0 Å². The number of benzene rings is 10. The molecule has 14 rings (SSSR count). The Morgan fingerprint density at radius 2 is 0.643 bits per heavy atom. The predicted octanol–water partition coefficient (Wildman–Crippen LogP) is 15.5. The molecular weight excluding hydrogens is 861 g/mol. The van der Waals surface area contributed by atoms with Crippen molar-refractivity contribution in [2.24, 2.45) is 0 Å². The third-order valence-corrected chi connectivity index (χ3v) is 14.9. The second-order valence-electron chi connectivity index (χ2n) is 18.5. The summed E-state index contributed by atoms with van der Waals surface area (Å²) in [4.78, 5) is 16.0. The van der Waals surface area contributed by atoms with E-state index < -0.39 is 22.5 Å². The van der Waals surface area contributed by atoms with Gasteiger partial charge in [0.1, 0.15) is 11.6 Å². The largest absolute Gasteiger partial charge is 0.208 e. The van der Waals surface area contributed by atoms with E-state index in [1.807, 2.05) is 24.3 Å². The highest BCUT2D eigenvalue weighted by atomic mass is 19.1. The molecular formula is C65H39F2N3. The SMILES string of the molecule is Fc1cc(F)cc(-c2cccc(-c3nc(-c4ccc5c(c4)-c4ccccc4C5(c4ccccc4)c4ccccc4)nc(-c4ccc5c(c4)C4(c6ccccc6-c6ccccc64)c4ccccc4-5)n3)c2)c1. The molecule has 0 saturated carbocycles. The molecule has 0 radical (unpaired) electrons. The number of hydrogen-bond acceptors (Lipinski definition) is 3. The molecule has 1 aromatic heterocycles. The van der Waals surface area contributed by atoms with E-state index >= 15 is 0 Å². The van der Waals surface area contributed by atoms with Crippen molar-refractivity contribution < 1.29 is 8.78 Å². The Bertz CT molecular complexity index is 3810. The van der Waals surface area contributed by atoms with Gasteiger partial charge in [-0.25, -0.2) is 23.7 Å². The van der Waals surface area contributed by atoms with Crippen molar-refractivity contribution >= 4 is 0 Å². The molecule has 328 valence electrons. The third kappa shape index (κ3) is 5.69. The third-order valence-electron chi connectivity index (χ3n) is 14.9. The van der Waals surface area contributed by atoms with Crippen LogP contribution in [0, 0.1) is 11.6 Å². The van der Waals surface area contributed by atoms with Gasteiger partial charge in [-0.15, -0.1) is 0 Å². The number of aromatic nitrogens is 3. The average molecular weight is 900 g/mol. The maximum Gasteiger partial charge on any atom is 0.164 e. The molecule has 3 aliphatic carbocycles. The molecule has 0 amide bonds. The molecule has 0 N–H and O–H groups in total. The number of fused-ring (bicyclic) bond motifs is 13. The summed E-state index contributed by atoms with van der Waals surface area (Å²) in [7, 11) is 0. The quantitative estimate of drug-likeness (QED) is 0.167. The van der Waals surface area contributed by atoms with Gasteiger partial charge in [-0.2, -0.15) is 0 Å². The van der Waals surface area contributed by atoms with E-state index in [1.54, 1.807) is 0 Å². The van der Waals surface area contributed by atoms with E-state index in [0.29, 0.717) is 34.2 Å². The van der Waals surface area contributed by atoms with Crippen molar-refractivity contribution in [2.45, 2.75) is 10.8 Å². The Morgan fingerprint density at radius 1 is 0.243 bits per heavy atom. The summed E-state index contributed by atoms with van der Waals surface area (Å²) in [5.74, 6) is 0.179. The Labute approximate surface area is 404 Å². The van der Waals surface area contributed by atoms with Gasteiger partial charge in [0.2, 0.25) is 0 Å². The van der Waals surface area contributed by atoms with Gasteiger partial charge in [0.25, 0.3) is 0 Å². The first-order chi connectivity index (χ1) is 34.5. The summed E-state index contributed by atoms with van der Waals surface area (Å²) in [5, 5.41) is 0. The highest BCUT2D eigenvalue weighted by Crippen LogP contribution is 2.63. The van der Waals surface area contributed by atoms with Gasteiger partial charge in [-0.1, -0.05) is 200 Å². The van der Waals surface area contributed by atoms with Gasteiger partial charge in [0.05, 0.1) is 10.8 Å². The lowest BCUT2D eigenvalue weighted by Gasteiger charge is -2.33. The highest BCUT2D eigenvalue weighted by molar-refractivity contribution is 5.96. The van der Waals surface area contributed by atoms with Crippen LogP contribution < -0.4 is 0 Å². The van der Waals surface area contributed by atoms with Crippen molar-refractivity contribution in [1.82, 2.24) is 15.0 Å². The van der Waals surface area contributed by atoms with Crippen molar-refractivity contribution in [3.05, 3.63) is 293 Å². The van der Waals surface area contributed by atoms with Gasteiger partial charge in [-0.05, 0) is 119 Å². The molecule has 0 saturated heterocycles. The minimum atomic E-state index is -0.643. The molecule has 0 bridgehead atoms. The van der Waals surface area contributed by atoms with E-state index in [9.17, 15) is 8.78 Å². The molecule has 5 heteroatoms. The Balaban J connectivity index is 0.997. The zero-order valence-electron chi connectivity index (χ0n) is 37.6. The summed E-state index contributed by atoms with van der Waals surface area (Å²) in [6, 6.07) is 81.0. The van der Waals surface area contributed by atoms with E-state index in [-0.39, 0.29) is 0 Å². The molecule has 0 unspecified atom stereocenters. The Hall–Kier alpha value is -8.93. The van der Waals surface area contributed by atoms with Gasteiger partial charge in [-0.3, -0.25) is 0 Å². The van der Waals surface area contributed by atoms with Crippen LogP contribution in [-0.2, 0) is 10.8 Å². The fraction of sp³-hybridized carbons (Fsp3) is 0.0308. The first-order valence-electron chi connectivity index (χ1n) is 23.6. The average Bonchev–Trinajstić information content (AvgIpc) is 4.01. The van der Waals surface area contributed by atoms with Crippen LogP contribution in [0.25, 0.3) is 78.7 Å². The van der Waals surface area contributed by atoms with Crippen LogP contribution in [-0.4, -0.2) is 15.0 Å². The monoisotopic (exact) mass is 899 g/mol. The van der Waals surface area contributed by atoms with Crippen LogP contribution in [0.5, 0.6) is 0 Å². The lowest BCUT2D eigenvalue weighted by atomic mass is 9.67. The summed E-state index contributed by atoms with van der Waals surface area (Å²) < 4.78 is 29.3.